The third-order valence-corrected chi connectivity index (χ3v) is 8.13. The number of sulfonamides is 1. The lowest BCUT2D eigenvalue weighted by Crippen LogP contribution is -2.46. The number of methoxy groups -OCH3 is 1. The van der Waals surface area contributed by atoms with E-state index in [0.29, 0.717) is 17.4 Å². The van der Waals surface area contributed by atoms with E-state index >= 15 is 0 Å². The molecule has 1 aliphatic rings. The summed E-state index contributed by atoms with van der Waals surface area (Å²) in [6.45, 7) is 2.52. The molecule has 1 heterocycles. The molecular weight excluding hydrogens is 549 g/mol. The molecule has 1 atom stereocenters. The number of alkyl halides is 3. The quantitative estimate of drug-likeness (QED) is 0.405. The fourth-order valence-corrected chi connectivity index (χ4v) is 5.74. The number of hydrogen-bond acceptors (Lipinski definition) is 6. The first-order valence-electron chi connectivity index (χ1n) is 12.4. The summed E-state index contributed by atoms with van der Waals surface area (Å²) in [7, 11) is -2.95. The molecule has 4 rings (SSSR count). The van der Waals surface area contributed by atoms with Gasteiger partial charge in [-0.05, 0) is 67.4 Å². The van der Waals surface area contributed by atoms with Gasteiger partial charge in [-0.15, -0.1) is 0 Å². The number of nitrogens with one attached hydrogen (secondary N) is 1. The van der Waals surface area contributed by atoms with E-state index < -0.39 is 44.3 Å². The molecule has 2 N–H and O–H groups in total. The lowest BCUT2D eigenvalue weighted by atomic mass is 10.0. The Morgan fingerprint density at radius 1 is 1.07 bits per heavy atom. The molecule has 3 aromatic rings. The van der Waals surface area contributed by atoms with Crippen LogP contribution >= 0.6 is 0 Å². The highest BCUT2D eigenvalue weighted by atomic mass is 32.2. The fraction of sp³-hybridized carbons (Fsp3) is 0.321. The highest BCUT2D eigenvalue weighted by Gasteiger charge is 2.37. The van der Waals surface area contributed by atoms with Crippen LogP contribution in [0.1, 0.15) is 25.8 Å². The minimum Gasteiger partial charge on any atom is -0.497 e. The van der Waals surface area contributed by atoms with E-state index in [4.69, 9.17) is 9.47 Å². The Balaban J connectivity index is 1.73. The Kier molecular flexibility index (Phi) is 8.04. The summed E-state index contributed by atoms with van der Waals surface area (Å²) in [5.41, 5.74) is -1.15. The number of hydrogen-bond donors (Lipinski definition) is 2. The zero-order chi connectivity index (χ0) is 29.3. The van der Waals surface area contributed by atoms with Gasteiger partial charge in [-0.2, -0.15) is 13.2 Å². The van der Waals surface area contributed by atoms with Crippen LogP contribution in [-0.2, 0) is 21.0 Å². The van der Waals surface area contributed by atoms with Crippen LogP contribution in [0.5, 0.6) is 11.5 Å². The van der Waals surface area contributed by atoms with Crippen molar-refractivity contribution in [2.75, 3.05) is 24.5 Å². The minimum absolute atomic E-state index is 0.0716. The van der Waals surface area contributed by atoms with Crippen molar-refractivity contribution in [2.45, 2.75) is 43.0 Å². The number of benzene rings is 3. The van der Waals surface area contributed by atoms with Gasteiger partial charge in [-0.1, -0.05) is 24.3 Å². The number of nitrogens with zero attached hydrogens (tertiary/aromatic N) is 1. The molecule has 12 heteroatoms. The van der Waals surface area contributed by atoms with Crippen LogP contribution in [0.4, 0.5) is 18.9 Å². The summed E-state index contributed by atoms with van der Waals surface area (Å²) in [4.78, 5) is 11.5. The molecule has 0 radical (unpaired) electrons. The zero-order valence-corrected chi connectivity index (χ0v) is 22.8. The Morgan fingerprint density at radius 2 is 1.77 bits per heavy atom. The van der Waals surface area contributed by atoms with Crippen LogP contribution in [0.2, 0.25) is 0 Å². The number of fused-ring (bicyclic) bond motifs is 1. The van der Waals surface area contributed by atoms with E-state index in [0.717, 1.165) is 28.1 Å². The van der Waals surface area contributed by atoms with Gasteiger partial charge in [0.2, 0.25) is 0 Å². The zero-order valence-electron chi connectivity index (χ0n) is 22.0. The Labute approximate surface area is 230 Å². The predicted molar refractivity (Wildman–Crippen MR) is 143 cm³/mol. The summed E-state index contributed by atoms with van der Waals surface area (Å²) in [6, 6.07) is 15.6. The molecule has 0 aromatic heterocycles. The predicted octanol–water partition coefficient (Wildman–Crippen LogP) is 4.61. The number of carbonyl (C=O) groups is 1. The number of amides is 1. The molecule has 40 heavy (non-hydrogen) atoms. The molecule has 0 bridgehead atoms. The molecule has 0 fully saturated rings. The van der Waals surface area contributed by atoms with Gasteiger partial charge in [-0.25, -0.2) is 8.42 Å². The first-order chi connectivity index (χ1) is 18.7. The van der Waals surface area contributed by atoms with Gasteiger partial charge >= 0.3 is 6.18 Å². The largest absolute Gasteiger partial charge is 0.497 e. The monoisotopic (exact) mass is 578 g/mol. The molecule has 3 aromatic carbocycles. The molecule has 1 aliphatic heterocycles. The van der Waals surface area contributed by atoms with Crippen molar-refractivity contribution in [3.05, 3.63) is 72.3 Å². The lowest BCUT2D eigenvalue weighted by Gasteiger charge is -2.36. The first kappa shape index (κ1) is 29.2. The average Bonchev–Trinajstić information content (AvgIpc) is 2.91. The summed E-state index contributed by atoms with van der Waals surface area (Å²) in [5.74, 6) is 0.195. The highest BCUT2D eigenvalue weighted by Crippen LogP contribution is 2.41. The van der Waals surface area contributed by atoms with Crippen molar-refractivity contribution in [3.63, 3.8) is 0 Å². The molecule has 0 spiro atoms. The van der Waals surface area contributed by atoms with Crippen LogP contribution in [0.15, 0.2) is 71.6 Å². The molecule has 0 aliphatic carbocycles. The van der Waals surface area contributed by atoms with Crippen LogP contribution in [0.3, 0.4) is 0 Å². The van der Waals surface area contributed by atoms with Gasteiger partial charge in [0.15, 0.2) is 0 Å². The van der Waals surface area contributed by atoms with Crippen LogP contribution in [-0.4, -0.2) is 51.3 Å². The smallest absolute Gasteiger partial charge is 0.416 e. The van der Waals surface area contributed by atoms with E-state index in [-0.39, 0.29) is 30.9 Å². The number of halogens is 3. The molecule has 0 saturated carbocycles. The highest BCUT2D eigenvalue weighted by molar-refractivity contribution is 7.92. The maximum atomic E-state index is 13.8. The maximum Gasteiger partial charge on any atom is 0.416 e. The Hall–Kier alpha value is -3.77. The molecule has 0 unspecified atom stereocenters. The number of anilines is 1. The fourth-order valence-electron chi connectivity index (χ4n) is 4.20. The van der Waals surface area contributed by atoms with Crippen molar-refractivity contribution < 1.29 is 41.0 Å². The van der Waals surface area contributed by atoms with Gasteiger partial charge < -0.3 is 19.9 Å². The topological polar surface area (TPSA) is 105 Å². The Bertz CT molecular complexity index is 1500. The minimum atomic E-state index is -4.73. The molecule has 0 saturated heterocycles. The van der Waals surface area contributed by atoms with Gasteiger partial charge in [-0.3, -0.25) is 9.10 Å². The van der Waals surface area contributed by atoms with E-state index in [1.54, 1.807) is 36.4 Å². The number of aliphatic hydroxyl groups is 1. The van der Waals surface area contributed by atoms with Crippen LogP contribution < -0.4 is 19.1 Å². The molecule has 8 nitrogen and oxygen atoms in total. The second-order valence-electron chi connectivity index (χ2n) is 9.82. The molecular formula is C28H29F3N2O6S. The average molecular weight is 579 g/mol. The molecule has 1 amide bonds. The molecule has 214 valence electrons. The first-order valence-corrected chi connectivity index (χ1v) is 13.8. The van der Waals surface area contributed by atoms with Crippen molar-refractivity contribution in [1.29, 1.82) is 0 Å². The van der Waals surface area contributed by atoms with Crippen LogP contribution in [0.25, 0.3) is 11.1 Å². The Morgan fingerprint density at radius 3 is 2.45 bits per heavy atom. The standard InChI is InChI=1S/C28H29F3N2O6S/c1-27(2,35)26(34)32-13-12-22-17-33(40(36,37)23-9-5-7-20(16-23)28(29,30)31)24-15-19(10-11-25(24)39-22)18-6-4-8-21(14-18)38-3/h4-11,14-16,22,35H,12-13,17H2,1-3H3,(H,32,34)/t22-/m0/s1. The van der Waals surface area contributed by atoms with Gasteiger partial charge in [0, 0.05) is 13.0 Å². The lowest BCUT2D eigenvalue weighted by molar-refractivity contribution is -0.138. The van der Waals surface area contributed by atoms with Crippen molar-refractivity contribution in [2.24, 2.45) is 0 Å². The van der Waals surface area contributed by atoms with Crippen molar-refractivity contribution >= 4 is 21.6 Å². The number of rotatable bonds is 8. The van der Waals surface area contributed by atoms with E-state index in [2.05, 4.69) is 5.32 Å². The van der Waals surface area contributed by atoms with Crippen LogP contribution in [0, 0.1) is 0 Å². The summed E-state index contributed by atoms with van der Waals surface area (Å²) in [6.07, 6.45) is -5.29. The second-order valence-corrected chi connectivity index (χ2v) is 11.7. The van der Waals surface area contributed by atoms with E-state index in [9.17, 15) is 31.5 Å². The third kappa shape index (κ3) is 6.34. The number of ether oxygens (including phenoxy) is 2. The van der Waals surface area contributed by atoms with Gasteiger partial charge in [0.05, 0.1) is 29.8 Å². The van der Waals surface area contributed by atoms with Crippen molar-refractivity contribution in [1.82, 2.24) is 5.32 Å². The summed E-state index contributed by atoms with van der Waals surface area (Å²) >= 11 is 0. The van der Waals surface area contributed by atoms with E-state index in [1.165, 1.54) is 21.0 Å². The van der Waals surface area contributed by atoms with Gasteiger partial charge in [0.25, 0.3) is 15.9 Å². The normalized spacial score (nSPS) is 15.7. The third-order valence-electron chi connectivity index (χ3n) is 6.35. The SMILES string of the molecule is COc1cccc(-c2ccc3c(c2)N(S(=O)(=O)c2cccc(C(F)(F)F)c2)C[C@H](CCNC(=O)C(C)(C)O)O3)c1. The summed E-state index contributed by atoms with van der Waals surface area (Å²) < 4.78 is 80.2. The van der Waals surface area contributed by atoms with Gasteiger partial charge in [0.1, 0.15) is 23.2 Å². The van der Waals surface area contributed by atoms with E-state index in [1.807, 2.05) is 6.07 Å². The van der Waals surface area contributed by atoms with Crippen molar-refractivity contribution in [3.8, 4) is 22.6 Å². The number of carbonyl (C=O) groups excluding carboxylic acids is 1. The maximum absolute atomic E-state index is 13.8. The summed E-state index contributed by atoms with van der Waals surface area (Å²) in [5, 5.41) is 12.4. The second kappa shape index (κ2) is 11.0.